The first-order valence-corrected chi connectivity index (χ1v) is 7.16. The Bertz CT molecular complexity index is 182. The van der Waals surface area contributed by atoms with Crippen LogP contribution in [0.5, 0.6) is 0 Å². The Morgan fingerprint density at radius 3 is 2.93 bits per heavy atom. The standard InChI is InChI=1S/C12H24N2S/c1-4-6-7-9-13-11(5-2)12-8-10-14(12)15-3/h4,11-13H,1,5-10H2,2-3H3. The average molecular weight is 228 g/mol. The molecule has 88 valence electrons. The molecule has 0 spiro atoms. The molecule has 1 heterocycles. The molecule has 0 aromatic heterocycles. The summed E-state index contributed by atoms with van der Waals surface area (Å²) < 4.78 is 2.49. The molecular weight excluding hydrogens is 204 g/mol. The molecule has 1 rings (SSSR count). The van der Waals surface area contributed by atoms with Crippen molar-refractivity contribution in [2.75, 3.05) is 19.3 Å². The summed E-state index contributed by atoms with van der Waals surface area (Å²) in [6.45, 7) is 8.41. The molecule has 0 aromatic carbocycles. The Balaban J connectivity index is 2.20. The predicted octanol–water partition coefficient (Wildman–Crippen LogP) is 2.67. The fraction of sp³-hybridized carbons (Fsp3) is 0.833. The second-order valence-electron chi connectivity index (χ2n) is 4.08. The van der Waals surface area contributed by atoms with E-state index in [1.54, 1.807) is 0 Å². The third-order valence-corrected chi connectivity index (χ3v) is 4.07. The molecule has 1 saturated heterocycles. The Labute approximate surface area is 98.6 Å². The molecular formula is C12H24N2S. The average Bonchev–Trinajstić information content (AvgIpc) is 2.21. The minimum absolute atomic E-state index is 0.677. The van der Waals surface area contributed by atoms with E-state index in [1.165, 1.54) is 25.8 Å². The van der Waals surface area contributed by atoms with Crippen molar-refractivity contribution < 1.29 is 0 Å². The van der Waals surface area contributed by atoms with E-state index in [4.69, 9.17) is 0 Å². The van der Waals surface area contributed by atoms with Gasteiger partial charge >= 0.3 is 0 Å². The van der Waals surface area contributed by atoms with Gasteiger partial charge in [0.1, 0.15) is 0 Å². The molecule has 0 amide bonds. The van der Waals surface area contributed by atoms with Gasteiger partial charge in [-0.05, 0) is 38.5 Å². The normalized spacial score (nSPS) is 23.5. The van der Waals surface area contributed by atoms with Crippen LogP contribution in [0.2, 0.25) is 0 Å². The summed E-state index contributed by atoms with van der Waals surface area (Å²) in [5, 5.41) is 3.67. The molecule has 2 atom stereocenters. The van der Waals surface area contributed by atoms with Crippen LogP contribution in [0.4, 0.5) is 0 Å². The zero-order valence-corrected chi connectivity index (χ0v) is 10.9. The molecule has 0 aliphatic carbocycles. The quantitative estimate of drug-likeness (QED) is 0.391. The van der Waals surface area contributed by atoms with Crippen LogP contribution in [0.3, 0.4) is 0 Å². The van der Waals surface area contributed by atoms with Gasteiger partial charge in [0.2, 0.25) is 0 Å². The third-order valence-electron chi connectivity index (χ3n) is 3.15. The summed E-state index contributed by atoms with van der Waals surface area (Å²) in [6.07, 6.45) is 9.10. The zero-order valence-electron chi connectivity index (χ0n) is 10.0. The molecule has 1 fully saturated rings. The summed E-state index contributed by atoms with van der Waals surface area (Å²) >= 11 is 1.88. The van der Waals surface area contributed by atoms with Gasteiger partial charge in [-0.2, -0.15) is 0 Å². The van der Waals surface area contributed by atoms with Crippen molar-refractivity contribution in [3.8, 4) is 0 Å². The minimum Gasteiger partial charge on any atom is -0.312 e. The van der Waals surface area contributed by atoms with E-state index < -0.39 is 0 Å². The highest BCUT2D eigenvalue weighted by Gasteiger charge is 2.32. The lowest BCUT2D eigenvalue weighted by Crippen LogP contribution is -2.55. The number of nitrogens with zero attached hydrogens (tertiary/aromatic N) is 1. The van der Waals surface area contributed by atoms with Crippen molar-refractivity contribution in [1.29, 1.82) is 0 Å². The summed E-state index contributed by atoms with van der Waals surface area (Å²) in [5.41, 5.74) is 0. The summed E-state index contributed by atoms with van der Waals surface area (Å²) in [6, 6.07) is 1.43. The van der Waals surface area contributed by atoms with Crippen LogP contribution in [0.1, 0.15) is 32.6 Å². The van der Waals surface area contributed by atoms with Gasteiger partial charge in [-0.1, -0.05) is 24.9 Å². The van der Waals surface area contributed by atoms with E-state index in [1.807, 2.05) is 18.0 Å². The molecule has 0 saturated carbocycles. The van der Waals surface area contributed by atoms with Gasteiger partial charge in [-0.3, -0.25) is 0 Å². The van der Waals surface area contributed by atoms with Gasteiger partial charge < -0.3 is 5.32 Å². The maximum atomic E-state index is 3.75. The zero-order chi connectivity index (χ0) is 11.1. The van der Waals surface area contributed by atoms with Crippen molar-refractivity contribution in [3.63, 3.8) is 0 Å². The largest absolute Gasteiger partial charge is 0.312 e. The summed E-state index contributed by atoms with van der Waals surface area (Å²) in [4.78, 5) is 0. The Morgan fingerprint density at radius 1 is 1.67 bits per heavy atom. The molecule has 3 heteroatoms. The van der Waals surface area contributed by atoms with Crippen LogP contribution < -0.4 is 5.32 Å². The van der Waals surface area contributed by atoms with Crippen LogP contribution in [-0.4, -0.2) is 35.7 Å². The Morgan fingerprint density at radius 2 is 2.47 bits per heavy atom. The fourth-order valence-electron chi connectivity index (χ4n) is 2.10. The highest BCUT2D eigenvalue weighted by Crippen LogP contribution is 2.27. The van der Waals surface area contributed by atoms with Gasteiger partial charge in [0.05, 0.1) is 0 Å². The SMILES string of the molecule is C=CCCCNC(CC)C1CCN1SC. The van der Waals surface area contributed by atoms with Crippen molar-refractivity contribution in [3.05, 3.63) is 12.7 Å². The van der Waals surface area contributed by atoms with E-state index >= 15 is 0 Å². The smallest absolute Gasteiger partial charge is 0.0368 e. The topological polar surface area (TPSA) is 15.3 Å². The van der Waals surface area contributed by atoms with Crippen LogP contribution >= 0.6 is 11.9 Å². The first kappa shape index (κ1) is 13.1. The second kappa shape index (κ2) is 7.31. The molecule has 0 bridgehead atoms. The Hall–Kier alpha value is 0.0100. The van der Waals surface area contributed by atoms with Gasteiger partial charge in [0.15, 0.2) is 0 Å². The van der Waals surface area contributed by atoms with E-state index in [2.05, 4.69) is 29.4 Å². The second-order valence-corrected chi connectivity index (χ2v) is 4.91. The van der Waals surface area contributed by atoms with Gasteiger partial charge in [-0.15, -0.1) is 6.58 Å². The molecule has 2 nitrogen and oxygen atoms in total. The van der Waals surface area contributed by atoms with E-state index in [-0.39, 0.29) is 0 Å². The van der Waals surface area contributed by atoms with E-state index in [9.17, 15) is 0 Å². The van der Waals surface area contributed by atoms with Crippen LogP contribution in [0.25, 0.3) is 0 Å². The molecule has 15 heavy (non-hydrogen) atoms. The summed E-state index contributed by atoms with van der Waals surface area (Å²) in [5.74, 6) is 0. The van der Waals surface area contributed by atoms with E-state index in [0.717, 1.165) is 19.0 Å². The minimum atomic E-state index is 0.677. The monoisotopic (exact) mass is 228 g/mol. The fourth-order valence-corrected chi connectivity index (χ4v) is 2.91. The highest BCUT2D eigenvalue weighted by molar-refractivity contribution is 7.96. The van der Waals surface area contributed by atoms with Gasteiger partial charge in [-0.25, -0.2) is 4.31 Å². The van der Waals surface area contributed by atoms with Crippen LogP contribution in [-0.2, 0) is 0 Å². The highest BCUT2D eigenvalue weighted by atomic mass is 32.2. The first-order valence-electron chi connectivity index (χ1n) is 5.98. The van der Waals surface area contributed by atoms with Crippen LogP contribution in [0.15, 0.2) is 12.7 Å². The first-order chi connectivity index (χ1) is 7.33. The molecule has 0 aromatic rings. The van der Waals surface area contributed by atoms with E-state index in [0.29, 0.717) is 6.04 Å². The van der Waals surface area contributed by atoms with Crippen molar-refractivity contribution >= 4 is 11.9 Å². The lowest BCUT2D eigenvalue weighted by molar-refractivity contribution is 0.164. The lowest BCUT2D eigenvalue weighted by atomic mass is 9.96. The molecule has 1 aliphatic rings. The third kappa shape index (κ3) is 3.82. The molecule has 0 radical (unpaired) electrons. The number of nitrogens with one attached hydrogen (secondary N) is 1. The molecule has 1 N–H and O–H groups in total. The lowest BCUT2D eigenvalue weighted by Gasteiger charge is -2.44. The maximum absolute atomic E-state index is 3.75. The van der Waals surface area contributed by atoms with Gasteiger partial charge in [0.25, 0.3) is 0 Å². The predicted molar refractivity (Wildman–Crippen MR) is 70.1 cm³/mol. The number of rotatable bonds is 8. The number of allylic oxidation sites excluding steroid dienone is 1. The Kier molecular flexibility index (Phi) is 6.37. The maximum Gasteiger partial charge on any atom is 0.0368 e. The van der Waals surface area contributed by atoms with Crippen molar-refractivity contribution in [1.82, 2.24) is 9.62 Å². The molecule has 1 aliphatic heterocycles. The van der Waals surface area contributed by atoms with Crippen LogP contribution in [0, 0.1) is 0 Å². The number of hydrogen-bond donors (Lipinski definition) is 1. The number of hydrogen-bond acceptors (Lipinski definition) is 3. The molecule has 2 unspecified atom stereocenters. The van der Waals surface area contributed by atoms with Crippen molar-refractivity contribution in [2.45, 2.75) is 44.7 Å². The number of unbranched alkanes of at least 4 members (excludes halogenated alkanes) is 1. The summed E-state index contributed by atoms with van der Waals surface area (Å²) in [7, 11) is 0. The van der Waals surface area contributed by atoms with Crippen molar-refractivity contribution in [2.24, 2.45) is 0 Å². The van der Waals surface area contributed by atoms with Gasteiger partial charge in [0, 0.05) is 18.6 Å².